The first-order valence-electron chi connectivity index (χ1n) is 14.0. The molecule has 0 spiro atoms. The summed E-state index contributed by atoms with van der Waals surface area (Å²) in [6.07, 6.45) is -6.40. The van der Waals surface area contributed by atoms with Gasteiger partial charge in [0.25, 0.3) is 0 Å². The predicted molar refractivity (Wildman–Crippen MR) is 145 cm³/mol. The minimum atomic E-state index is -1.46. The van der Waals surface area contributed by atoms with Gasteiger partial charge in [-0.3, -0.25) is 4.79 Å². The van der Waals surface area contributed by atoms with E-state index in [2.05, 4.69) is 16.0 Å². The zero-order valence-corrected chi connectivity index (χ0v) is 23.6. The van der Waals surface area contributed by atoms with Crippen LogP contribution in [0.2, 0.25) is 0 Å². The molecule has 2 unspecified atom stereocenters. The Morgan fingerprint density at radius 3 is 2.56 bits per heavy atom. The molecule has 1 saturated carbocycles. The van der Waals surface area contributed by atoms with Crippen molar-refractivity contribution in [2.24, 2.45) is 17.2 Å². The van der Waals surface area contributed by atoms with E-state index in [0.29, 0.717) is 25.3 Å². The van der Waals surface area contributed by atoms with Gasteiger partial charge in [-0.05, 0) is 45.9 Å². The number of nitrogens with two attached hydrogens (primary N) is 3. The molecular formula is C25H48N6O10. The first-order chi connectivity index (χ1) is 19.4. The summed E-state index contributed by atoms with van der Waals surface area (Å²) in [4.78, 5) is 12.7. The number of aliphatic hydroxyl groups excluding tert-OH is 4. The molecule has 0 aromatic carbocycles. The Balaban J connectivity index is 1.79. The second kappa shape index (κ2) is 15.3. The Morgan fingerprint density at radius 1 is 1.20 bits per heavy atom. The van der Waals surface area contributed by atoms with Gasteiger partial charge in [-0.1, -0.05) is 0 Å². The fourth-order valence-electron chi connectivity index (χ4n) is 5.38. The Morgan fingerprint density at radius 2 is 1.90 bits per heavy atom. The Hall–Kier alpha value is -1.51. The van der Waals surface area contributed by atoms with Crippen LogP contribution in [-0.4, -0.2) is 144 Å². The van der Waals surface area contributed by atoms with E-state index in [1.165, 1.54) is 6.92 Å². The topological polar surface area (TPSA) is 269 Å². The van der Waals surface area contributed by atoms with Crippen LogP contribution in [0.4, 0.5) is 0 Å². The Bertz CT molecular complexity index is 869. The number of carbonyl (C=O) groups excluding carboxylic acids is 1. The molecule has 1 amide bonds. The lowest BCUT2D eigenvalue weighted by molar-refractivity contribution is -0.304. The lowest BCUT2D eigenvalue weighted by Crippen LogP contribution is -2.69. The zero-order chi connectivity index (χ0) is 30.3. The molecule has 1 aliphatic carbocycles. The quantitative estimate of drug-likeness (QED) is 0.0891. The van der Waals surface area contributed by atoms with Gasteiger partial charge in [0.15, 0.2) is 6.29 Å². The third-order valence-corrected chi connectivity index (χ3v) is 7.63. The van der Waals surface area contributed by atoms with Crippen molar-refractivity contribution in [1.82, 2.24) is 16.0 Å². The summed E-state index contributed by atoms with van der Waals surface area (Å²) in [5.74, 6) is -0.170. The monoisotopic (exact) mass is 592 g/mol. The molecule has 41 heavy (non-hydrogen) atoms. The molecule has 14 N–H and O–H groups in total. The Kier molecular flexibility index (Phi) is 12.7. The maximum atomic E-state index is 12.7. The van der Waals surface area contributed by atoms with Crippen LogP contribution >= 0.6 is 0 Å². The van der Waals surface area contributed by atoms with Gasteiger partial charge in [-0.25, -0.2) is 0 Å². The van der Waals surface area contributed by atoms with Crippen LogP contribution in [0.3, 0.4) is 0 Å². The van der Waals surface area contributed by atoms with E-state index in [1.807, 2.05) is 6.08 Å². The van der Waals surface area contributed by atoms with Crippen molar-refractivity contribution in [3.8, 4) is 0 Å². The van der Waals surface area contributed by atoms with E-state index in [9.17, 15) is 25.2 Å². The number of rotatable bonds is 13. The number of amides is 1. The molecule has 0 bridgehead atoms. The molecule has 3 aliphatic rings. The lowest BCUT2D eigenvalue weighted by Gasteiger charge is -2.48. The van der Waals surface area contributed by atoms with Crippen molar-refractivity contribution in [3.63, 3.8) is 0 Å². The first kappa shape index (κ1) is 34.0. The zero-order valence-electron chi connectivity index (χ0n) is 23.6. The highest BCUT2D eigenvalue weighted by atomic mass is 16.7. The molecule has 0 radical (unpaired) electrons. The van der Waals surface area contributed by atoms with Crippen molar-refractivity contribution in [1.29, 1.82) is 0 Å². The maximum Gasteiger partial charge on any atom is 0.249 e. The average Bonchev–Trinajstić information content (AvgIpc) is 2.91. The van der Waals surface area contributed by atoms with Crippen molar-refractivity contribution < 1.29 is 49.3 Å². The maximum absolute atomic E-state index is 12.7. The molecule has 2 heterocycles. The minimum Gasteiger partial charge on any atom is -0.467 e. The number of carbonyl (C=O) groups is 1. The predicted octanol–water partition coefficient (Wildman–Crippen LogP) is -5.36. The van der Waals surface area contributed by atoms with Crippen molar-refractivity contribution >= 4 is 5.91 Å². The van der Waals surface area contributed by atoms with Crippen LogP contribution in [-0.2, 0) is 23.7 Å². The summed E-state index contributed by atoms with van der Waals surface area (Å²) >= 11 is 0. The van der Waals surface area contributed by atoms with E-state index in [-0.39, 0.29) is 32.6 Å². The van der Waals surface area contributed by atoms with Gasteiger partial charge < -0.3 is 77.6 Å². The summed E-state index contributed by atoms with van der Waals surface area (Å²) < 4.78 is 23.7. The van der Waals surface area contributed by atoms with Crippen molar-refractivity contribution in [3.05, 3.63) is 11.8 Å². The molecule has 16 heteroatoms. The van der Waals surface area contributed by atoms with E-state index in [0.717, 1.165) is 0 Å². The Labute approximate surface area is 239 Å². The number of hydrogen-bond donors (Lipinski definition) is 11. The lowest BCUT2D eigenvalue weighted by atomic mass is 9.83. The van der Waals surface area contributed by atoms with Crippen molar-refractivity contribution in [2.45, 2.75) is 99.1 Å². The number of nitrogens with one attached hydrogen (secondary N) is 3. The van der Waals surface area contributed by atoms with Gasteiger partial charge in [0.1, 0.15) is 41.9 Å². The van der Waals surface area contributed by atoms with E-state index in [4.69, 9.17) is 41.3 Å². The second-order valence-electron chi connectivity index (χ2n) is 11.0. The van der Waals surface area contributed by atoms with E-state index < -0.39 is 78.8 Å². The van der Waals surface area contributed by atoms with Crippen LogP contribution in [0.25, 0.3) is 0 Å². The molecule has 1 saturated heterocycles. The number of ether oxygens (including phenoxy) is 4. The summed E-state index contributed by atoms with van der Waals surface area (Å²) in [6.45, 7) is 2.07. The van der Waals surface area contributed by atoms with Crippen LogP contribution in [0.15, 0.2) is 11.8 Å². The summed E-state index contributed by atoms with van der Waals surface area (Å²) in [6, 6.07) is -3.12. The molecule has 0 aromatic heterocycles. The highest BCUT2D eigenvalue weighted by Crippen LogP contribution is 2.32. The standard InChI is InChI=1S/C25H48N6O10/c1-25(37)11-38-24(18(35)21(25)29-2)41-20-15(31-22(36)16(33)5-6-26)9-14(28)19(17(20)34)40-23-13(27)4-3-12(39-23)10-30-7-8-32/h3,13-21,23-24,29-30,32-35,37H,4-11,26-28H2,1-2H3,(H,31,36)/t13-,14+,15?,16+,17+,18-,19-,20+,21?,23-,24-,25+/m1/s1. The molecular weight excluding hydrogens is 544 g/mol. The number of likely N-dealkylation sites (N-methyl/N-ethyl adjacent to an activating group) is 1. The fourth-order valence-corrected chi connectivity index (χ4v) is 5.38. The van der Waals surface area contributed by atoms with Crippen molar-refractivity contribution in [2.75, 3.05) is 39.9 Å². The summed E-state index contributed by atoms with van der Waals surface area (Å²) in [5, 5.41) is 60.7. The highest BCUT2D eigenvalue weighted by Gasteiger charge is 2.51. The van der Waals surface area contributed by atoms with Crippen LogP contribution in [0, 0.1) is 0 Å². The van der Waals surface area contributed by atoms with Crippen LogP contribution < -0.4 is 33.2 Å². The second-order valence-corrected chi connectivity index (χ2v) is 11.0. The van der Waals surface area contributed by atoms with Gasteiger partial charge in [-0.2, -0.15) is 0 Å². The fraction of sp³-hybridized carbons (Fsp3) is 0.880. The average molecular weight is 593 g/mol. The van der Waals surface area contributed by atoms with Gasteiger partial charge >= 0.3 is 0 Å². The number of hydrogen-bond acceptors (Lipinski definition) is 15. The molecule has 12 atom stereocenters. The van der Waals surface area contributed by atoms with E-state index in [1.54, 1.807) is 7.05 Å². The molecule has 2 fully saturated rings. The van der Waals surface area contributed by atoms with Crippen LogP contribution in [0.5, 0.6) is 0 Å². The van der Waals surface area contributed by atoms with Gasteiger partial charge in [-0.15, -0.1) is 0 Å². The largest absolute Gasteiger partial charge is 0.467 e. The number of aliphatic hydroxyl groups is 5. The third-order valence-electron chi connectivity index (χ3n) is 7.63. The highest BCUT2D eigenvalue weighted by molar-refractivity contribution is 5.80. The molecule has 238 valence electrons. The molecule has 16 nitrogen and oxygen atoms in total. The van der Waals surface area contributed by atoms with Gasteiger partial charge in [0.05, 0.1) is 37.9 Å². The van der Waals surface area contributed by atoms with E-state index >= 15 is 0 Å². The van der Waals surface area contributed by atoms with Gasteiger partial charge in [0, 0.05) is 12.6 Å². The summed E-state index contributed by atoms with van der Waals surface area (Å²) in [5.41, 5.74) is 16.7. The normalized spacial score (nSPS) is 40.4. The minimum absolute atomic E-state index is 0.0216. The SMILES string of the molecule is CNC1[C@@H](O)[C@@H](O[C@H]2C(NC(=O)[C@@H](O)CCN)C[C@H](N)[C@@H](O[C@H]3OC(CNCCO)=CC[C@H]3N)[C@@H]2O)OC[C@]1(C)O. The summed E-state index contributed by atoms with van der Waals surface area (Å²) in [7, 11) is 1.57. The molecule has 0 aromatic rings. The molecule has 2 aliphatic heterocycles. The molecule has 3 rings (SSSR count). The first-order valence-corrected chi connectivity index (χ1v) is 14.0. The third kappa shape index (κ3) is 8.54. The smallest absolute Gasteiger partial charge is 0.249 e. The van der Waals surface area contributed by atoms with Crippen LogP contribution in [0.1, 0.15) is 26.2 Å². The van der Waals surface area contributed by atoms with Gasteiger partial charge in [0.2, 0.25) is 12.2 Å².